The van der Waals surface area contributed by atoms with E-state index < -0.39 is 0 Å². The van der Waals surface area contributed by atoms with Crippen molar-refractivity contribution in [1.82, 2.24) is 4.90 Å². The molecule has 0 unspecified atom stereocenters. The zero-order valence-corrected chi connectivity index (χ0v) is 22.0. The van der Waals surface area contributed by atoms with Crippen LogP contribution in [0.1, 0.15) is 69.1 Å². The number of benzene rings is 2. The molecule has 1 aliphatic carbocycles. The number of aryl methyl sites for hydroxylation is 1. The summed E-state index contributed by atoms with van der Waals surface area (Å²) >= 11 is 0. The van der Waals surface area contributed by atoms with Crippen LogP contribution >= 0.6 is 0 Å². The lowest BCUT2D eigenvalue weighted by Gasteiger charge is -2.32. The molecule has 0 N–H and O–H groups in total. The Bertz CT molecular complexity index is 1070. The van der Waals surface area contributed by atoms with Gasteiger partial charge in [0.25, 0.3) is 0 Å². The number of rotatable bonds is 11. The summed E-state index contributed by atoms with van der Waals surface area (Å²) in [5, 5.41) is 0. The lowest BCUT2D eigenvalue weighted by molar-refractivity contribution is -0.117. The van der Waals surface area contributed by atoms with Crippen molar-refractivity contribution in [2.24, 2.45) is 5.92 Å². The second-order valence-corrected chi connectivity index (χ2v) is 10.6. The van der Waals surface area contributed by atoms with Crippen LogP contribution in [0, 0.1) is 5.92 Å². The van der Waals surface area contributed by atoms with Crippen LogP contribution in [-0.4, -0.2) is 23.8 Å². The summed E-state index contributed by atoms with van der Waals surface area (Å²) in [5.74, 6) is 1.97. The summed E-state index contributed by atoms with van der Waals surface area (Å²) in [5.41, 5.74) is 6.89. The molecule has 0 saturated carbocycles. The highest BCUT2D eigenvalue weighted by Crippen LogP contribution is 2.28. The molecule has 36 heavy (non-hydrogen) atoms. The Kier molecular flexibility index (Phi) is 9.75. The first kappa shape index (κ1) is 26.2. The number of carbonyl (C=O) groups excluding carboxylic acids is 1. The summed E-state index contributed by atoms with van der Waals surface area (Å²) in [6, 6.07) is 17.2. The van der Waals surface area contributed by atoms with Gasteiger partial charge in [-0.2, -0.15) is 0 Å². The highest BCUT2D eigenvalue weighted by molar-refractivity contribution is 5.75. The monoisotopic (exact) mass is 483 g/mol. The number of allylic oxidation sites excluding steroid dienone is 6. The molecule has 0 aromatic heterocycles. The summed E-state index contributed by atoms with van der Waals surface area (Å²) in [6.45, 7) is 7.89. The fraction of sp³-hybridized carbons (Fsp3) is 0.424. The molecular formula is C33H41NO2. The van der Waals surface area contributed by atoms with Gasteiger partial charge in [-0.3, -0.25) is 4.90 Å². The van der Waals surface area contributed by atoms with Crippen LogP contribution in [0.4, 0.5) is 0 Å². The maximum Gasteiger partial charge on any atom is 0.129 e. The second kappa shape index (κ2) is 13.4. The third-order valence-corrected chi connectivity index (χ3v) is 7.34. The molecule has 4 rings (SSSR count). The minimum absolute atomic E-state index is 0.259. The van der Waals surface area contributed by atoms with Gasteiger partial charge in [-0.05, 0) is 100 Å². The van der Waals surface area contributed by atoms with E-state index in [1.54, 1.807) is 12.5 Å². The molecule has 0 amide bonds. The van der Waals surface area contributed by atoms with Gasteiger partial charge in [0.1, 0.15) is 18.1 Å². The van der Waals surface area contributed by atoms with Gasteiger partial charge in [0, 0.05) is 13.0 Å². The zero-order chi connectivity index (χ0) is 25.2. The van der Waals surface area contributed by atoms with Gasteiger partial charge < -0.3 is 9.53 Å². The van der Waals surface area contributed by atoms with Crippen molar-refractivity contribution in [2.45, 2.75) is 71.9 Å². The summed E-state index contributed by atoms with van der Waals surface area (Å²) < 4.78 is 5.99. The Labute approximate surface area is 217 Å². The number of Topliss-reactive ketones (excluding diaryl/α,β-unsaturated/α-hetero) is 1. The lowest BCUT2D eigenvalue weighted by Crippen LogP contribution is -2.33. The Hall–Kier alpha value is -2.91. The Morgan fingerprint density at radius 3 is 2.31 bits per heavy atom. The van der Waals surface area contributed by atoms with E-state index in [9.17, 15) is 4.79 Å². The molecule has 2 aromatic carbocycles. The van der Waals surface area contributed by atoms with Crippen molar-refractivity contribution in [2.75, 3.05) is 13.1 Å². The van der Waals surface area contributed by atoms with E-state index in [0.29, 0.717) is 13.0 Å². The molecule has 1 heterocycles. The predicted molar refractivity (Wildman–Crippen MR) is 149 cm³/mol. The highest BCUT2D eigenvalue weighted by atomic mass is 16.5. The Morgan fingerprint density at radius 1 is 0.917 bits per heavy atom. The Morgan fingerprint density at radius 2 is 1.58 bits per heavy atom. The smallest absolute Gasteiger partial charge is 0.129 e. The van der Waals surface area contributed by atoms with E-state index in [0.717, 1.165) is 37.5 Å². The molecule has 1 fully saturated rings. The molecule has 3 nitrogen and oxygen atoms in total. The molecule has 1 aliphatic heterocycles. The van der Waals surface area contributed by atoms with Crippen LogP contribution in [-0.2, 0) is 24.4 Å². The maximum absolute atomic E-state index is 11.1. The van der Waals surface area contributed by atoms with Gasteiger partial charge in [-0.15, -0.1) is 0 Å². The molecule has 0 radical (unpaired) electrons. The molecular weight excluding hydrogens is 442 g/mol. The number of hydrogen-bond acceptors (Lipinski definition) is 3. The first-order valence-electron chi connectivity index (χ1n) is 13.6. The number of ether oxygens (including phenoxy) is 1. The van der Waals surface area contributed by atoms with E-state index in [-0.39, 0.29) is 5.78 Å². The van der Waals surface area contributed by atoms with Crippen LogP contribution in [0.5, 0.6) is 5.75 Å². The van der Waals surface area contributed by atoms with Crippen LogP contribution < -0.4 is 4.74 Å². The van der Waals surface area contributed by atoms with Crippen LogP contribution in [0.15, 0.2) is 84.0 Å². The van der Waals surface area contributed by atoms with Gasteiger partial charge >= 0.3 is 0 Å². The van der Waals surface area contributed by atoms with Gasteiger partial charge in [0.05, 0.1) is 0 Å². The summed E-state index contributed by atoms with van der Waals surface area (Å²) in [7, 11) is 0. The van der Waals surface area contributed by atoms with Crippen molar-refractivity contribution in [3.05, 3.63) is 101 Å². The number of nitrogens with zero attached hydrogens (tertiary/aromatic N) is 1. The molecule has 2 aliphatic rings. The third kappa shape index (κ3) is 8.64. The van der Waals surface area contributed by atoms with Crippen LogP contribution in [0.2, 0.25) is 0 Å². The lowest BCUT2D eigenvalue weighted by atomic mass is 9.88. The van der Waals surface area contributed by atoms with Gasteiger partial charge in [0.2, 0.25) is 0 Å². The molecule has 0 bridgehead atoms. The third-order valence-electron chi connectivity index (χ3n) is 7.34. The van der Waals surface area contributed by atoms with Gasteiger partial charge in [-0.25, -0.2) is 0 Å². The summed E-state index contributed by atoms with van der Waals surface area (Å²) in [4.78, 5) is 13.7. The SMILES string of the molecule is CC(=O)CCCc1ccc(OCc2ccc(CN3CCC(CC4=CC=CC=C(C)C4)CC3)cc2)cc1. The molecule has 2 aromatic rings. The normalized spacial score (nSPS) is 16.8. The topological polar surface area (TPSA) is 29.5 Å². The standard InChI is InChI=1S/C33H41NO2/c1-26-6-3-4-8-32(22-26)23-29-18-20-34(21-19-29)24-30-10-12-31(13-11-30)25-36-33-16-14-28(15-17-33)9-5-7-27(2)35/h3-4,6,8,10-17,29H,5,7,9,18-25H2,1-2H3. The number of ketones is 1. The average Bonchev–Trinajstić information content (AvgIpc) is 3.09. The minimum atomic E-state index is 0.259. The van der Waals surface area contributed by atoms with E-state index in [1.807, 2.05) is 12.1 Å². The predicted octanol–water partition coefficient (Wildman–Crippen LogP) is 7.61. The molecule has 1 saturated heterocycles. The summed E-state index contributed by atoms with van der Waals surface area (Å²) in [6.07, 6.45) is 16.4. The Balaban J connectivity index is 1.16. The van der Waals surface area contributed by atoms with Crippen molar-refractivity contribution < 1.29 is 9.53 Å². The first-order chi connectivity index (χ1) is 17.5. The molecule has 190 valence electrons. The van der Waals surface area contributed by atoms with Crippen molar-refractivity contribution in [3.8, 4) is 5.75 Å². The van der Waals surface area contributed by atoms with Crippen molar-refractivity contribution in [3.63, 3.8) is 0 Å². The highest BCUT2D eigenvalue weighted by Gasteiger charge is 2.20. The van der Waals surface area contributed by atoms with Crippen LogP contribution in [0.25, 0.3) is 0 Å². The molecule has 0 atom stereocenters. The van der Waals surface area contributed by atoms with E-state index in [1.165, 1.54) is 54.6 Å². The van der Waals surface area contributed by atoms with Crippen LogP contribution in [0.3, 0.4) is 0 Å². The second-order valence-electron chi connectivity index (χ2n) is 10.6. The van der Waals surface area contributed by atoms with Crippen molar-refractivity contribution >= 4 is 5.78 Å². The van der Waals surface area contributed by atoms with Gasteiger partial charge in [-0.1, -0.05) is 71.8 Å². The molecule has 3 heteroatoms. The van der Waals surface area contributed by atoms with E-state index in [2.05, 4.69) is 72.5 Å². The fourth-order valence-electron chi connectivity index (χ4n) is 5.21. The number of likely N-dealkylation sites (tertiary alicyclic amines) is 1. The number of carbonyl (C=O) groups is 1. The first-order valence-corrected chi connectivity index (χ1v) is 13.6. The average molecular weight is 484 g/mol. The zero-order valence-electron chi connectivity index (χ0n) is 22.0. The fourth-order valence-corrected chi connectivity index (χ4v) is 5.21. The maximum atomic E-state index is 11.1. The van der Waals surface area contributed by atoms with E-state index >= 15 is 0 Å². The van der Waals surface area contributed by atoms with Crippen molar-refractivity contribution in [1.29, 1.82) is 0 Å². The van der Waals surface area contributed by atoms with Gasteiger partial charge in [0.15, 0.2) is 0 Å². The number of piperidine rings is 1. The quantitative estimate of drug-likeness (QED) is 0.329. The van der Waals surface area contributed by atoms with E-state index in [4.69, 9.17) is 4.74 Å². The minimum Gasteiger partial charge on any atom is -0.489 e. The number of hydrogen-bond donors (Lipinski definition) is 0. The molecule has 0 spiro atoms. The largest absolute Gasteiger partial charge is 0.489 e.